The van der Waals surface area contributed by atoms with Crippen LogP contribution in [0.3, 0.4) is 0 Å². The number of nitrogens with one attached hydrogen (secondary N) is 2. The lowest BCUT2D eigenvalue weighted by atomic mass is 10.1. The van der Waals surface area contributed by atoms with Crippen LogP contribution in [0, 0.1) is 0 Å². The van der Waals surface area contributed by atoms with Gasteiger partial charge in [0, 0.05) is 37.4 Å². The fourth-order valence-electron chi connectivity index (χ4n) is 2.91. The summed E-state index contributed by atoms with van der Waals surface area (Å²) in [5.74, 6) is 0.566. The lowest BCUT2D eigenvalue weighted by molar-refractivity contribution is -0.124. The van der Waals surface area contributed by atoms with Gasteiger partial charge in [-0.05, 0) is 52.0 Å². The van der Waals surface area contributed by atoms with Gasteiger partial charge in [-0.15, -0.1) is 0 Å². The number of hydrogen-bond acceptors (Lipinski definition) is 5. The monoisotopic (exact) mass is 362 g/mol. The molecule has 1 unspecified atom stereocenters. The molecule has 0 bridgehead atoms. The number of carbonyl (C=O) groups is 2. The number of imide groups is 1. The molecule has 0 aliphatic carbocycles. The van der Waals surface area contributed by atoms with Gasteiger partial charge < -0.3 is 15.0 Å². The zero-order valence-electron chi connectivity index (χ0n) is 16.3. The molecule has 1 aliphatic rings. The van der Waals surface area contributed by atoms with Crippen molar-refractivity contribution >= 4 is 17.6 Å². The Hall–Kier alpha value is -2.28. The number of anilines is 1. The Morgan fingerprint density at radius 2 is 1.65 bits per heavy atom. The zero-order chi connectivity index (χ0) is 19.3. The summed E-state index contributed by atoms with van der Waals surface area (Å²) in [7, 11) is 1.65. The molecule has 7 heteroatoms. The van der Waals surface area contributed by atoms with Crippen molar-refractivity contribution in [2.24, 2.45) is 0 Å². The largest absolute Gasteiger partial charge is 0.497 e. The second kappa shape index (κ2) is 8.40. The highest BCUT2D eigenvalue weighted by Gasteiger charge is 2.27. The molecule has 26 heavy (non-hydrogen) atoms. The molecule has 0 radical (unpaired) electrons. The van der Waals surface area contributed by atoms with E-state index >= 15 is 0 Å². The van der Waals surface area contributed by atoms with Gasteiger partial charge in [-0.3, -0.25) is 15.0 Å². The topological polar surface area (TPSA) is 73.9 Å². The molecular weight excluding hydrogens is 332 g/mol. The van der Waals surface area contributed by atoms with Gasteiger partial charge in [0.1, 0.15) is 5.75 Å². The van der Waals surface area contributed by atoms with E-state index in [1.165, 1.54) is 0 Å². The Labute approximate surface area is 155 Å². The summed E-state index contributed by atoms with van der Waals surface area (Å²) in [6.45, 7) is 10.7. The van der Waals surface area contributed by atoms with Crippen LogP contribution in [0.5, 0.6) is 5.75 Å². The van der Waals surface area contributed by atoms with E-state index in [2.05, 4.69) is 20.4 Å². The quantitative estimate of drug-likeness (QED) is 0.855. The molecule has 2 rings (SSSR count). The van der Waals surface area contributed by atoms with Crippen LogP contribution < -0.4 is 20.3 Å². The van der Waals surface area contributed by atoms with Gasteiger partial charge in [-0.2, -0.15) is 0 Å². The van der Waals surface area contributed by atoms with Gasteiger partial charge in [0.2, 0.25) is 5.91 Å². The third-order valence-electron chi connectivity index (χ3n) is 4.40. The maximum atomic E-state index is 12.3. The molecule has 1 fully saturated rings. The van der Waals surface area contributed by atoms with Gasteiger partial charge in [0.05, 0.1) is 13.2 Å². The maximum absolute atomic E-state index is 12.3. The highest BCUT2D eigenvalue weighted by Crippen LogP contribution is 2.21. The highest BCUT2D eigenvalue weighted by molar-refractivity contribution is 5.97. The number of urea groups is 1. The number of ether oxygens (including phenoxy) is 1. The molecule has 0 aromatic heterocycles. The average molecular weight is 362 g/mol. The highest BCUT2D eigenvalue weighted by atomic mass is 16.5. The van der Waals surface area contributed by atoms with Crippen LogP contribution >= 0.6 is 0 Å². The minimum atomic E-state index is -0.453. The van der Waals surface area contributed by atoms with Gasteiger partial charge >= 0.3 is 6.03 Å². The van der Waals surface area contributed by atoms with Crippen molar-refractivity contribution in [1.29, 1.82) is 0 Å². The van der Waals surface area contributed by atoms with Crippen LogP contribution in [-0.2, 0) is 4.79 Å². The first kappa shape index (κ1) is 20.0. The van der Waals surface area contributed by atoms with Crippen molar-refractivity contribution in [3.63, 3.8) is 0 Å². The Kier molecular flexibility index (Phi) is 6.47. The van der Waals surface area contributed by atoms with Gasteiger partial charge in [0.15, 0.2) is 0 Å². The number of benzene rings is 1. The van der Waals surface area contributed by atoms with E-state index in [9.17, 15) is 9.59 Å². The Morgan fingerprint density at radius 3 is 2.15 bits per heavy atom. The van der Waals surface area contributed by atoms with Gasteiger partial charge in [-0.25, -0.2) is 4.79 Å². The summed E-state index contributed by atoms with van der Waals surface area (Å²) in [5, 5.41) is 5.17. The lowest BCUT2D eigenvalue weighted by Crippen LogP contribution is -2.56. The summed E-state index contributed by atoms with van der Waals surface area (Å²) in [6.07, 6.45) is 0. The molecule has 1 aromatic carbocycles. The molecule has 1 aliphatic heterocycles. The van der Waals surface area contributed by atoms with Crippen molar-refractivity contribution in [2.45, 2.75) is 39.3 Å². The van der Waals surface area contributed by atoms with Gasteiger partial charge in [0.25, 0.3) is 0 Å². The van der Waals surface area contributed by atoms with E-state index in [1.54, 1.807) is 7.11 Å². The van der Waals surface area contributed by atoms with Crippen molar-refractivity contribution in [1.82, 2.24) is 15.5 Å². The van der Waals surface area contributed by atoms with Crippen LogP contribution in [0.2, 0.25) is 0 Å². The summed E-state index contributed by atoms with van der Waals surface area (Å²) >= 11 is 0. The molecular formula is C19H30N4O3. The first-order chi connectivity index (χ1) is 12.2. The van der Waals surface area contributed by atoms with E-state index in [0.29, 0.717) is 0 Å². The molecule has 2 N–H and O–H groups in total. The lowest BCUT2D eigenvalue weighted by Gasteiger charge is -2.38. The van der Waals surface area contributed by atoms with Crippen molar-refractivity contribution in [2.75, 3.05) is 38.2 Å². The predicted octanol–water partition coefficient (Wildman–Crippen LogP) is 1.83. The van der Waals surface area contributed by atoms with Crippen LogP contribution in [-0.4, -0.2) is 61.7 Å². The number of piperazine rings is 1. The third kappa shape index (κ3) is 5.62. The number of methoxy groups -OCH3 is 1. The maximum Gasteiger partial charge on any atom is 0.321 e. The van der Waals surface area contributed by atoms with E-state index in [0.717, 1.165) is 37.6 Å². The molecule has 1 aromatic rings. The van der Waals surface area contributed by atoms with Crippen LogP contribution in [0.4, 0.5) is 10.5 Å². The third-order valence-corrected chi connectivity index (χ3v) is 4.40. The van der Waals surface area contributed by atoms with Crippen LogP contribution in [0.25, 0.3) is 0 Å². The van der Waals surface area contributed by atoms with E-state index in [4.69, 9.17) is 4.74 Å². The van der Waals surface area contributed by atoms with Crippen LogP contribution in [0.15, 0.2) is 24.3 Å². The number of amides is 3. The van der Waals surface area contributed by atoms with Crippen molar-refractivity contribution < 1.29 is 14.3 Å². The molecule has 3 amide bonds. The number of rotatable bonds is 4. The Balaban J connectivity index is 1.84. The standard InChI is InChI=1S/C19H30N4O3/c1-14(17(24)20-18(25)21-19(2,3)4)22-10-12-23(13-11-22)15-6-8-16(26-5)9-7-15/h6-9,14H,10-13H2,1-5H3,(H2,20,21,24,25). The minimum absolute atomic E-state index is 0.273. The van der Waals surface area contributed by atoms with Crippen LogP contribution in [0.1, 0.15) is 27.7 Å². The smallest absolute Gasteiger partial charge is 0.321 e. The molecule has 7 nitrogen and oxygen atoms in total. The van der Waals surface area contributed by atoms with Crippen molar-refractivity contribution in [3.8, 4) is 5.75 Å². The van der Waals surface area contributed by atoms with E-state index < -0.39 is 6.03 Å². The Morgan fingerprint density at radius 1 is 1.08 bits per heavy atom. The Bertz CT molecular complexity index is 617. The number of hydrogen-bond donors (Lipinski definition) is 2. The summed E-state index contributed by atoms with van der Waals surface area (Å²) in [4.78, 5) is 28.6. The second-order valence-corrected chi connectivity index (χ2v) is 7.59. The number of nitrogens with zero attached hydrogens (tertiary/aromatic N) is 2. The molecule has 144 valence electrons. The minimum Gasteiger partial charge on any atom is -0.497 e. The molecule has 0 saturated carbocycles. The summed E-state index contributed by atoms with van der Waals surface area (Å²) in [5.41, 5.74) is 0.768. The van der Waals surface area contributed by atoms with E-state index in [-0.39, 0.29) is 17.5 Å². The molecule has 1 saturated heterocycles. The first-order valence-corrected chi connectivity index (χ1v) is 8.95. The molecule has 1 atom stereocenters. The normalized spacial score (nSPS) is 16.7. The zero-order valence-corrected chi connectivity index (χ0v) is 16.3. The molecule has 1 heterocycles. The number of carbonyl (C=O) groups excluding carboxylic acids is 2. The summed E-state index contributed by atoms with van der Waals surface area (Å²) in [6, 6.07) is 7.19. The predicted molar refractivity (Wildman–Crippen MR) is 103 cm³/mol. The molecule has 0 spiro atoms. The fraction of sp³-hybridized carbons (Fsp3) is 0.579. The fourth-order valence-corrected chi connectivity index (χ4v) is 2.91. The average Bonchev–Trinajstić information content (AvgIpc) is 2.59. The first-order valence-electron chi connectivity index (χ1n) is 8.95. The second-order valence-electron chi connectivity index (χ2n) is 7.59. The van der Waals surface area contributed by atoms with Gasteiger partial charge in [-0.1, -0.05) is 0 Å². The van der Waals surface area contributed by atoms with Crippen molar-refractivity contribution in [3.05, 3.63) is 24.3 Å². The SMILES string of the molecule is COc1ccc(N2CCN(C(C)C(=O)NC(=O)NC(C)(C)C)CC2)cc1. The van der Waals surface area contributed by atoms with E-state index in [1.807, 2.05) is 52.0 Å². The summed E-state index contributed by atoms with van der Waals surface area (Å²) < 4.78 is 5.19.